The number of amides is 1. The van der Waals surface area contributed by atoms with Crippen LogP contribution in [0.1, 0.15) is 43.3 Å². The van der Waals surface area contributed by atoms with E-state index in [1.165, 1.54) is 27.6 Å². The van der Waals surface area contributed by atoms with Crippen molar-refractivity contribution in [3.8, 4) is 5.75 Å². The molecule has 31 heavy (non-hydrogen) atoms. The van der Waals surface area contributed by atoms with Gasteiger partial charge in [-0.3, -0.25) is 4.79 Å². The standard InChI is InChI=1S/C23H29N5O2S/c1-15-6-9-18(12-16(15)2)25-21(29)14-31-22-27-26-20(28(22)24)13-30-19-10-7-17(8-11-19)23(3,4)5/h6-12H,13-14,24H2,1-5H3,(H,25,29). The van der Waals surface area contributed by atoms with Gasteiger partial charge in [0.25, 0.3) is 0 Å². The average molecular weight is 440 g/mol. The van der Waals surface area contributed by atoms with Gasteiger partial charge in [-0.2, -0.15) is 0 Å². The molecule has 0 aliphatic carbocycles. The first-order chi connectivity index (χ1) is 14.6. The van der Waals surface area contributed by atoms with E-state index in [2.05, 4.69) is 48.4 Å². The lowest BCUT2D eigenvalue weighted by molar-refractivity contribution is -0.113. The molecule has 0 aliphatic rings. The van der Waals surface area contributed by atoms with E-state index >= 15 is 0 Å². The Labute approximate surface area is 187 Å². The molecule has 0 spiro atoms. The molecule has 0 saturated heterocycles. The second kappa shape index (κ2) is 9.43. The third kappa shape index (κ3) is 6.01. The number of hydrogen-bond donors (Lipinski definition) is 2. The quantitative estimate of drug-likeness (QED) is 0.423. The minimum absolute atomic E-state index is 0.0899. The van der Waals surface area contributed by atoms with E-state index in [1.807, 2.05) is 44.2 Å². The largest absolute Gasteiger partial charge is 0.486 e. The second-order valence-electron chi connectivity index (χ2n) is 8.47. The number of thioether (sulfide) groups is 1. The van der Waals surface area contributed by atoms with Crippen molar-refractivity contribution >= 4 is 23.4 Å². The number of carbonyl (C=O) groups is 1. The van der Waals surface area contributed by atoms with Gasteiger partial charge in [-0.15, -0.1) is 10.2 Å². The van der Waals surface area contributed by atoms with Gasteiger partial charge in [-0.1, -0.05) is 50.7 Å². The topological polar surface area (TPSA) is 95.1 Å². The van der Waals surface area contributed by atoms with Crippen molar-refractivity contribution in [3.63, 3.8) is 0 Å². The molecule has 1 amide bonds. The van der Waals surface area contributed by atoms with Crippen molar-refractivity contribution in [1.29, 1.82) is 0 Å². The Morgan fingerprint density at radius 3 is 2.45 bits per heavy atom. The van der Waals surface area contributed by atoms with Crippen LogP contribution in [-0.4, -0.2) is 26.5 Å². The number of nitrogens with two attached hydrogens (primary N) is 1. The Morgan fingerprint density at radius 2 is 1.81 bits per heavy atom. The molecule has 0 saturated carbocycles. The van der Waals surface area contributed by atoms with Crippen molar-refractivity contribution in [2.75, 3.05) is 16.9 Å². The highest BCUT2D eigenvalue weighted by Gasteiger charge is 2.15. The smallest absolute Gasteiger partial charge is 0.234 e. The van der Waals surface area contributed by atoms with Gasteiger partial charge in [-0.05, 0) is 60.2 Å². The number of hydrogen-bond acceptors (Lipinski definition) is 6. The molecule has 3 aromatic rings. The minimum Gasteiger partial charge on any atom is -0.486 e. The molecule has 1 heterocycles. The molecule has 7 nitrogen and oxygen atoms in total. The molecule has 0 aliphatic heterocycles. The first kappa shape index (κ1) is 22.7. The summed E-state index contributed by atoms with van der Waals surface area (Å²) in [6.45, 7) is 10.7. The van der Waals surface area contributed by atoms with Gasteiger partial charge in [0.2, 0.25) is 11.1 Å². The van der Waals surface area contributed by atoms with Crippen LogP contribution in [0.25, 0.3) is 0 Å². The van der Waals surface area contributed by atoms with Gasteiger partial charge in [0.05, 0.1) is 5.75 Å². The minimum atomic E-state index is -0.131. The third-order valence-corrected chi connectivity index (χ3v) is 5.89. The highest BCUT2D eigenvalue weighted by Crippen LogP contribution is 2.25. The van der Waals surface area contributed by atoms with Crippen molar-refractivity contribution in [2.45, 2.75) is 51.8 Å². The van der Waals surface area contributed by atoms with Crippen LogP contribution >= 0.6 is 11.8 Å². The highest BCUT2D eigenvalue weighted by atomic mass is 32.2. The number of aryl methyl sites for hydroxylation is 2. The predicted molar refractivity (Wildman–Crippen MR) is 125 cm³/mol. The van der Waals surface area contributed by atoms with Gasteiger partial charge < -0.3 is 15.9 Å². The number of benzene rings is 2. The van der Waals surface area contributed by atoms with Crippen molar-refractivity contribution < 1.29 is 9.53 Å². The molecule has 8 heteroatoms. The first-order valence-electron chi connectivity index (χ1n) is 10.1. The van der Waals surface area contributed by atoms with Crippen LogP contribution in [0.2, 0.25) is 0 Å². The molecule has 0 unspecified atom stereocenters. The fourth-order valence-electron chi connectivity index (χ4n) is 2.85. The number of ether oxygens (including phenoxy) is 1. The second-order valence-corrected chi connectivity index (χ2v) is 9.41. The van der Waals surface area contributed by atoms with E-state index in [4.69, 9.17) is 10.6 Å². The summed E-state index contributed by atoms with van der Waals surface area (Å²) in [6, 6.07) is 13.8. The predicted octanol–water partition coefficient (Wildman–Crippen LogP) is 4.22. The fourth-order valence-corrected chi connectivity index (χ4v) is 3.52. The monoisotopic (exact) mass is 439 g/mol. The summed E-state index contributed by atoms with van der Waals surface area (Å²) in [5.41, 5.74) is 4.41. The van der Waals surface area contributed by atoms with Crippen LogP contribution in [0.5, 0.6) is 5.75 Å². The SMILES string of the molecule is Cc1ccc(NC(=O)CSc2nnc(COc3ccc(C(C)(C)C)cc3)n2N)cc1C. The van der Waals surface area contributed by atoms with Crippen LogP contribution in [0.15, 0.2) is 47.6 Å². The Hall–Kier alpha value is -3.00. The molecule has 3 rings (SSSR count). The summed E-state index contributed by atoms with van der Waals surface area (Å²) in [5.74, 6) is 7.35. The van der Waals surface area contributed by atoms with Crippen LogP contribution in [0.4, 0.5) is 5.69 Å². The van der Waals surface area contributed by atoms with E-state index in [9.17, 15) is 4.79 Å². The number of rotatable bonds is 7. The molecule has 0 radical (unpaired) electrons. The number of aromatic nitrogens is 3. The van der Waals surface area contributed by atoms with Crippen LogP contribution < -0.4 is 15.9 Å². The first-order valence-corrected chi connectivity index (χ1v) is 11.0. The maximum Gasteiger partial charge on any atom is 0.234 e. The Morgan fingerprint density at radius 1 is 1.10 bits per heavy atom. The summed E-state index contributed by atoms with van der Waals surface area (Å²) in [5, 5.41) is 11.5. The lowest BCUT2D eigenvalue weighted by atomic mass is 9.87. The van der Waals surface area contributed by atoms with Gasteiger partial charge in [-0.25, -0.2) is 4.68 Å². The van der Waals surface area contributed by atoms with Crippen LogP contribution in [0, 0.1) is 13.8 Å². The van der Waals surface area contributed by atoms with E-state index in [-0.39, 0.29) is 23.7 Å². The number of anilines is 1. The summed E-state index contributed by atoms with van der Waals surface area (Å²) in [7, 11) is 0. The normalized spacial score (nSPS) is 11.4. The summed E-state index contributed by atoms with van der Waals surface area (Å²) >= 11 is 1.23. The summed E-state index contributed by atoms with van der Waals surface area (Å²) in [6.07, 6.45) is 0. The molecule has 0 atom stereocenters. The maximum atomic E-state index is 12.3. The van der Waals surface area contributed by atoms with Crippen molar-refractivity contribution in [3.05, 3.63) is 65.0 Å². The molecule has 2 aromatic carbocycles. The van der Waals surface area contributed by atoms with E-state index < -0.39 is 0 Å². The molecule has 0 bridgehead atoms. The fraction of sp³-hybridized carbons (Fsp3) is 0.348. The molecule has 3 N–H and O–H groups in total. The zero-order chi connectivity index (χ0) is 22.6. The number of nitrogen functional groups attached to an aromatic ring is 1. The van der Waals surface area contributed by atoms with Gasteiger partial charge in [0.15, 0.2) is 5.82 Å². The lowest BCUT2D eigenvalue weighted by Gasteiger charge is -2.19. The lowest BCUT2D eigenvalue weighted by Crippen LogP contribution is -2.18. The van der Waals surface area contributed by atoms with E-state index in [0.717, 1.165) is 17.0 Å². The maximum absolute atomic E-state index is 12.3. The number of nitrogens with one attached hydrogen (secondary N) is 1. The van der Waals surface area contributed by atoms with Crippen molar-refractivity contribution in [2.24, 2.45) is 0 Å². The van der Waals surface area contributed by atoms with Gasteiger partial charge >= 0.3 is 0 Å². The van der Waals surface area contributed by atoms with E-state index in [0.29, 0.717) is 11.0 Å². The molecule has 164 valence electrons. The summed E-state index contributed by atoms with van der Waals surface area (Å²) in [4.78, 5) is 12.3. The van der Waals surface area contributed by atoms with Gasteiger partial charge in [0, 0.05) is 5.69 Å². The average Bonchev–Trinajstić information content (AvgIpc) is 3.07. The molecular weight excluding hydrogens is 410 g/mol. The number of carbonyl (C=O) groups excluding carboxylic acids is 1. The Bertz CT molecular complexity index is 1050. The van der Waals surface area contributed by atoms with Crippen molar-refractivity contribution in [1.82, 2.24) is 14.9 Å². The Kier molecular flexibility index (Phi) is 6.90. The Balaban J connectivity index is 1.52. The molecule has 0 fully saturated rings. The number of nitrogens with zero attached hydrogens (tertiary/aromatic N) is 3. The third-order valence-electron chi connectivity index (χ3n) is 4.95. The summed E-state index contributed by atoms with van der Waals surface area (Å²) < 4.78 is 7.15. The van der Waals surface area contributed by atoms with E-state index in [1.54, 1.807) is 0 Å². The zero-order valence-electron chi connectivity index (χ0n) is 18.6. The molecule has 1 aromatic heterocycles. The zero-order valence-corrected chi connectivity index (χ0v) is 19.4. The van der Waals surface area contributed by atoms with Crippen LogP contribution in [0.3, 0.4) is 0 Å². The highest BCUT2D eigenvalue weighted by molar-refractivity contribution is 7.99. The molecular formula is C23H29N5O2S. The van der Waals surface area contributed by atoms with Gasteiger partial charge in [0.1, 0.15) is 12.4 Å². The van der Waals surface area contributed by atoms with Crippen LogP contribution in [-0.2, 0) is 16.8 Å².